The zero-order valence-electron chi connectivity index (χ0n) is 16.4. The minimum Gasteiger partial charge on any atom is -0.302 e. The van der Waals surface area contributed by atoms with Gasteiger partial charge in [0.1, 0.15) is 0 Å². The number of carbonyl (C=O) groups excluding carboxylic acids is 3. The third-order valence-electron chi connectivity index (χ3n) is 4.71. The van der Waals surface area contributed by atoms with E-state index < -0.39 is 23.8 Å². The van der Waals surface area contributed by atoms with E-state index in [9.17, 15) is 14.4 Å². The van der Waals surface area contributed by atoms with Crippen LogP contribution in [0.5, 0.6) is 0 Å². The maximum absolute atomic E-state index is 12.7. The van der Waals surface area contributed by atoms with Crippen molar-refractivity contribution < 1.29 is 14.4 Å². The molecular weight excluding hydrogens is 344 g/mol. The number of carbonyl (C=O) groups is 3. The van der Waals surface area contributed by atoms with Gasteiger partial charge in [0.15, 0.2) is 5.92 Å². The average Bonchev–Trinajstić information content (AvgIpc) is 2.64. The quantitative estimate of drug-likeness (QED) is 0.561. The van der Waals surface area contributed by atoms with E-state index in [1.54, 1.807) is 12.1 Å². The van der Waals surface area contributed by atoms with Gasteiger partial charge >= 0.3 is 6.03 Å². The maximum atomic E-state index is 12.7. The number of hydrogen-bond donors (Lipinski definition) is 1. The van der Waals surface area contributed by atoms with E-state index in [2.05, 4.69) is 42.9 Å². The fraction of sp³-hybridized carbons (Fsp3) is 0.500. The van der Waals surface area contributed by atoms with Gasteiger partial charge in [-0.25, -0.2) is 9.69 Å². The van der Waals surface area contributed by atoms with Crippen LogP contribution in [0.15, 0.2) is 29.3 Å². The molecule has 0 saturated carbocycles. The normalized spacial score (nSPS) is 18.1. The van der Waals surface area contributed by atoms with Crippen molar-refractivity contribution >= 4 is 29.7 Å². The van der Waals surface area contributed by atoms with Crippen LogP contribution in [0.4, 0.5) is 10.5 Å². The molecule has 1 saturated heterocycles. The van der Waals surface area contributed by atoms with Crippen LogP contribution in [-0.4, -0.2) is 55.1 Å². The highest BCUT2D eigenvalue weighted by Crippen LogP contribution is 2.23. The number of amides is 4. The van der Waals surface area contributed by atoms with E-state index >= 15 is 0 Å². The number of urea groups is 1. The summed E-state index contributed by atoms with van der Waals surface area (Å²) in [6, 6.07) is 6.47. The molecule has 0 aromatic heterocycles. The molecule has 27 heavy (non-hydrogen) atoms. The Balaban J connectivity index is 2.12. The topological polar surface area (TPSA) is 82.1 Å². The minimum atomic E-state index is -1.09. The van der Waals surface area contributed by atoms with E-state index in [4.69, 9.17) is 0 Å². The zero-order valence-corrected chi connectivity index (χ0v) is 16.4. The molecule has 1 heterocycles. The van der Waals surface area contributed by atoms with E-state index in [1.165, 1.54) is 6.21 Å². The second-order valence-electron chi connectivity index (χ2n) is 6.77. The molecule has 7 nitrogen and oxygen atoms in total. The van der Waals surface area contributed by atoms with Gasteiger partial charge in [0.25, 0.3) is 5.91 Å². The fourth-order valence-corrected chi connectivity index (χ4v) is 2.89. The number of aliphatic imine (C=N–C) groups is 1. The highest BCUT2D eigenvalue weighted by atomic mass is 16.2. The Kier molecular flexibility index (Phi) is 7.24. The lowest BCUT2D eigenvalue weighted by Gasteiger charge is -2.28. The Hall–Kier alpha value is -2.54. The first kappa shape index (κ1) is 20.8. The number of benzene rings is 1. The lowest BCUT2D eigenvalue weighted by molar-refractivity contribution is -0.131. The van der Waals surface area contributed by atoms with Crippen molar-refractivity contribution in [2.75, 3.05) is 31.1 Å². The number of likely N-dealkylation sites (N-methyl/N-ethyl adjacent to an activating group) is 1. The van der Waals surface area contributed by atoms with E-state index in [0.29, 0.717) is 18.2 Å². The number of hydrogen-bond acceptors (Lipinski definition) is 5. The lowest BCUT2D eigenvalue weighted by atomic mass is 10.0. The Morgan fingerprint density at radius 1 is 1.15 bits per heavy atom. The molecule has 4 amide bonds. The summed E-state index contributed by atoms with van der Waals surface area (Å²) in [4.78, 5) is 44.5. The SMILES string of the molecule is CCN(CC)CCN=CC1C(=O)NC(=O)N(c2ccc(C(C)C)cc2)C1=O. The lowest BCUT2D eigenvalue weighted by Crippen LogP contribution is -2.58. The van der Waals surface area contributed by atoms with Crippen LogP contribution in [-0.2, 0) is 9.59 Å². The zero-order chi connectivity index (χ0) is 20.0. The minimum absolute atomic E-state index is 0.345. The van der Waals surface area contributed by atoms with Gasteiger partial charge in [0, 0.05) is 12.8 Å². The van der Waals surface area contributed by atoms with Crippen LogP contribution >= 0.6 is 0 Å². The fourth-order valence-electron chi connectivity index (χ4n) is 2.89. The summed E-state index contributed by atoms with van der Waals surface area (Å²) in [5.74, 6) is -1.96. The smallest absolute Gasteiger partial charge is 0.302 e. The number of rotatable bonds is 8. The summed E-state index contributed by atoms with van der Waals surface area (Å²) in [6.07, 6.45) is 1.35. The second kappa shape index (κ2) is 9.41. The largest absolute Gasteiger partial charge is 0.335 e. The molecule has 1 unspecified atom stereocenters. The van der Waals surface area contributed by atoms with Gasteiger partial charge in [0.2, 0.25) is 5.91 Å². The number of imide groups is 2. The summed E-state index contributed by atoms with van der Waals surface area (Å²) >= 11 is 0. The van der Waals surface area contributed by atoms with Gasteiger partial charge in [-0.05, 0) is 36.7 Å². The van der Waals surface area contributed by atoms with Gasteiger partial charge in [-0.3, -0.25) is 19.9 Å². The maximum Gasteiger partial charge on any atom is 0.335 e. The predicted octanol–water partition coefficient (Wildman–Crippen LogP) is 2.42. The third kappa shape index (κ3) is 5.01. The van der Waals surface area contributed by atoms with Crippen LogP contribution < -0.4 is 10.2 Å². The molecule has 1 aliphatic heterocycles. The van der Waals surface area contributed by atoms with Crippen molar-refractivity contribution in [2.24, 2.45) is 10.9 Å². The Morgan fingerprint density at radius 2 is 1.78 bits per heavy atom. The van der Waals surface area contributed by atoms with E-state index in [-0.39, 0.29) is 0 Å². The van der Waals surface area contributed by atoms with Gasteiger partial charge < -0.3 is 4.90 Å². The molecule has 1 aliphatic rings. The highest BCUT2D eigenvalue weighted by Gasteiger charge is 2.40. The van der Waals surface area contributed by atoms with Crippen LogP contribution in [0.2, 0.25) is 0 Å². The average molecular weight is 372 g/mol. The van der Waals surface area contributed by atoms with Crippen molar-refractivity contribution in [3.05, 3.63) is 29.8 Å². The first-order valence-corrected chi connectivity index (χ1v) is 9.40. The van der Waals surface area contributed by atoms with Crippen molar-refractivity contribution in [3.63, 3.8) is 0 Å². The molecule has 146 valence electrons. The van der Waals surface area contributed by atoms with Gasteiger partial charge in [0.05, 0.1) is 12.2 Å². The molecule has 7 heteroatoms. The molecule has 1 atom stereocenters. The summed E-state index contributed by atoms with van der Waals surface area (Å²) in [5, 5.41) is 2.24. The van der Waals surface area contributed by atoms with Gasteiger partial charge in [-0.15, -0.1) is 0 Å². The van der Waals surface area contributed by atoms with Crippen molar-refractivity contribution in [3.8, 4) is 0 Å². The first-order chi connectivity index (χ1) is 12.9. The number of nitrogens with zero attached hydrogens (tertiary/aromatic N) is 3. The van der Waals surface area contributed by atoms with Crippen molar-refractivity contribution in [1.29, 1.82) is 0 Å². The van der Waals surface area contributed by atoms with E-state index in [1.807, 2.05) is 12.1 Å². The predicted molar refractivity (Wildman–Crippen MR) is 106 cm³/mol. The molecule has 1 N–H and O–H groups in total. The van der Waals surface area contributed by atoms with Gasteiger partial charge in [-0.2, -0.15) is 0 Å². The first-order valence-electron chi connectivity index (χ1n) is 9.40. The molecular formula is C20H28N4O3. The Morgan fingerprint density at radius 3 is 2.33 bits per heavy atom. The molecule has 0 aliphatic carbocycles. The van der Waals surface area contributed by atoms with Crippen LogP contribution in [0.3, 0.4) is 0 Å². The van der Waals surface area contributed by atoms with Crippen LogP contribution in [0.1, 0.15) is 39.2 Å². The molecule has 1 aromatic rings. The number of anilines is 1. The molecule has 0 bridgehead atoms. The molecule has 0 spiro atoms. The molecule has 1 aromatic carbocycles. The summed E-state index contributed by atoms with van der Waals surface area (Å²) < 4.78 is 0. The highest BCUT2D eigenvalue weighted by molar-refractivity contribution is 6.32. The number of barbiturate groups is 1. The standard InChI is InChI=1S/C20H28N4O3/c1-5-23(6-2)12-11-21-13-17-18(25)22-20(27)24(19(17)26)16-9-7-15(8-10-16)14(3)4/h7-10,13-14,17H,5-6,11-12H2,1-4H3,(H,22,25,27). The molecule has 2 rings (SSSR count). The third-order valence-corrected chi connectivity index (χ3v) is 4.71. The van der Waals surface area contributed by atoms with Crippen LogP contribution in [0, 0.1) is 5.92 Å². The van der Waals surface area contributed by atoms with Gasteiger partial charge in [-0.1, -0.05) is 39.8 Å². The summed E-state index contributed by atoms with van der Waals surface area (Å²) in [6.45, 7) is 11.4. The monoisotopic (exact) mass is 372 g/mol. The Labute approximate surface area is 160 Å². The molecule has 1 fully saturated rings. The molecule has 0 radical (unpaired) electrons. The van der Waals surface area contributed by atoms with E-state index in [0.717, 1.165) is 30.1 Å². The summed E-state index contributed by atoms with van der Waals surface area (Å²) in [7, 11) is 0. The second-order valence-corrected chi connectivity index (χ2v) is 6.77. The Bertz CT molecular complexity index is 708. The number of nitrogens with one attached hydrogen (secondary N) is 1. The van der Waals surface area contributed by atoms with Crippen molar-refractivity contribution in [1.82, 2.24) is 10.2 Å². The summed E-state index contributed by atoms with van der Waals surface area (Å²) in [5.41, 5.74) is 1.55. The van der Waals surface area contributed by atoms with Crippen LogP contribution in [0.25, 0.3) is 0 Å². The van der Waals surface area contributed by atoms with Crippen molar-refractivity contribution in [2.45, 2.75) is 33.6 Å².